The van der Waals surface area contributed by atoms with E-state index in [1.165, 1.54) is 15.6 Å². The van der Waals surface area contributed by atoms with Gasteiger partial charge in [0.25, 0.3) is 0 Å². The van der Waals surface area contributed by atoms with Crippen LogP contribution in [0.2, 0.25) is 0 Å². The molecule has 1 N–H and O–H groups in total. The van der Waals surface area contributed by atoms with Crippen molar-refractivity contribution in [3.63, 3.8) is 0 Å². The predicted molar refractivity (Wildman–Crippen MR) is 129 cm³/mol. The number of nitrogens with one attached hydrogen (secondary N) is 1. The lowest BCUT2D eigenvalue weighted by Crippen LogP contribution is -2.50. The van der Waals surface area contributed by atoms with Gasteiger partial charge in [0.15, 0.2) is 0 Å². The number of carbonyl (C=O) groups excluding carboxylic acids is 1. The predicted octanol–water partition coefficient (Wildman–Crippen LogP) is 4.01. The first-order valence-corrected chi connectivity index (χ1v) is 12.9. The van der Waals surface area contributed by atoms with Crippen LogP contribution in [-0.2, 0) is 34.2 Å². The second-order valence-electron chi connectivity index (χ2n) is 7.89. The van der Waals surface area contributed by atoms with Crippen molar-refractivity contribution in [1.82, 2.24) is 14.5 Å². The van der Waals surface area contributed by atoms with E-state index in [4.69, 9.17) is 0 Å². The lowest BCUT2D eigenvalue weighted by atomic mass is 9.95. The van der Waals surface area contributed by atoms with Crippen molar-refractivity contribution in [2.75, 3.05) is 5.32 Å². The number of anilines is 1. The molecule has 33 heavy (non-hydrogen) atoms. The van der Waals surface area contributed by atoms with Gasteiger partial charge in [-0.1, -0.05) is 72.9 Å². The maximum Gasteiger partial charge on any atom is 0.245 e. The molecule has 0 saturated carbocycles. The van der Waals surface area contributed by atoms with Crippen LogP contribution >= 0.6 is 11.3 Å². The van der Waals surface area contributed by atoms with E-state index in [1.54, 1.807) is 18.2 Å². The Kier molecular flexibility index (Phi) is 5.69. The van der Waals surface area contributed by atoms with Gasteiger partial charge >= 0.3 is 0 Å². The number of aryl methyl sites for hydroxylation is 1. The van der Waals surface area contributed by atoms with Crippen LogP contribution in [0.5, 0.6) is 0 Å². The van der Waals surface area contributed by atoms with E-state index in [2.05, 4.69) is 15.5 Å². The minimum atomic E-state index is -3.94. The molecular formula is C24H22N4O3S2. The van der Waals surface area contributed by atoms with E-state index in [0.717, 1.165) is 26.9 Å². The Hall–Kier alpha value is -3.14. The van der Waals surface area contributed by atoms with Crippen molar-refractivity contribution in [2.45, 2.75) is 37.2 Å². The number of benzene rings is 3. The Morgan fingerprint density at radius 2 is 1.76 bits per heavy atom. The van der Waals surface area contributed by atoms with Gasteiger partial charge < -0.3 is 0 Å². The standard InChI is InChI=1S/C24H22N4O3S2/c1-2-22-26-27-24(32-22)25-23(29)21-14-18-9-5-6-10-19(18)15-28(21)33(30,31)20-12-11-16-7-3-4-8-17(16)13-20/h3-13,21H,2,14-15H2,1H3,(H,25,27,29). The Morgan fingerprint density at radius 1 is 1.03 bits per heavy atom. The summed E-state index contributed by atoms with van der Waals surface area (Å²) in [5.41, 5.74) is 1.87. The molecule has 4 aromatic rings. The van der Waals surface area contributed by atoms with Gasteiger partial charge in [-0.15, -0.1) is 10.2 Å². The summed E-state index contributed by atoms with van der Waals surface area (Å²) in [6, 6.07) is 19.4. The summed E-state index contributed by atoms with van der Waals surface area (Å²) in [4.78, 5) is 13.5. The molecule has 7 nitrogen and oxygen atoms in total. The van der Waals surface area contributed by atoms with Gasteiger partial charge in [0.1, 0.15) is 11.0 Å². The Labute approximate surface area is 196 Å². The molecule has 3 aromatic carbocycles. The zero-order valence-electron chi connectivity index (χ0n) is 17.9. The number of amides is 1. The van der Waals surface area contributed by atoms with Gasteiger partial charge in [-0.05, 0) is 46.9 Å². The topological polar surface area (TPSA) is 92.3 Å². The van der Waals surface area contributed by atoms with E-state index in [9.17, 15) is 13.2 Å². The Balaban J connectivity index is 1.53. The van der Waals surface area contributed by atoms with Crippen molar-refractivity contribution in [3.8, 4) is 0 Å². The van der Waals surface area contributed by atoms with Crippen LogP contribution in [0, 0.1) is 0 Å². The molecule has 0 radical (unpaired) electrons. The Bertz CT molecular complexity index is 1450. The van der Waals surface area contributed by atoms with Crippen LogP contribution in [0.4, 0.5) is 5.13 Å². The molecular weight excluding hydrogens is 456 g/mol. The molecule has 9 heteroatoms. The van der Waals surface area contributed by atoms with Crippen molar-refractivity contribution >= 4 is 43.2 Å². The molecule has 1 aromatic heterocycles. The first kappa shape index (κ1) is 21.7. The summed E-state index contributed by atoms with van der Waals surface area (Å²) in [5, 5.41) is 13.8. The SMILES string of the molecule is CCc1nnc(NC(=O)C2Cc3ccccc3CN2S(=O)(=O)c2ccc3ccccc3c2)s1. The largest absolute Gasteiger partial charge is 0.299 e. The van der Waals surface area contributed by atoms with Crippen LogP contribution < -0.4 is 5.32 Å². The lowest BCUT2D eigenvalue weighted by Gasteiger charge is -2.34. The number of nitrogens with zero attached hydrogens (tertiary/aromatic N) is 3. The molecule has 1 aliphatic rings. The average Bonchev–Trinajstić information content (AvgIpc) is 3.30. The zero-order valence-corrected chi connectivity index (χ0v) is 19.6. The first-order valence-electron chi connectivity index (χ1n) is 10.7. The number of hydrogen-bond acceptors (Lipinski definition) is 6. The molecule has 0 saturated heterocycles. The molecule has 1 aliphatic heterocycles. The fourth-order valence-electron chi connectivity index (χ4n) is 4.07. The quantitative estimate of drug-likeness (QED) is 0.468. The van der Waals surface area contributed by atoms with Gasteiger partial charge in [-0.2, -0.15) is 4.31 Å². The maximum absolute atomic E-state index is 13.8. The Morgan fingerprint density at radius 3 is 2.52 bits per heavy atom. The van der Waals surface area contributed by atoms with Crippen molar-refractivity contribution in [1.29, 1.82) is 0 Å². The third kappa shape index (κ3) is 4.15. The van der Waals surface area contributed by atoms with Gasteiger partial charge in [0, 0.05) is 6.54 Å². The summed E-state index contributed by atoms with van der Waals surface area (Å²) in [6.07, 6.45) is 1.00. The molecule has 0 fully saturated rings. The van der Waals surface area contributed by atoms with E-state index < -0.39 is 22.0 Å². The normalized spacial score (nSPS) is 16.5. The zero-order chi connectivity index (χ0) is 23.0. The summed E-state index contributed by atoms with van der Waals surface area (Å²) < 4.78 is 28.9. The summed E-state index contributed by atoms with van der Waals surface area (Å²) in [7, 11) is -3.94. The fraction of sp³-hybridized carbons (Fsp3) is 0.208. The van der Waals surface area contributed by atoms with Crippen LogP contribution in [-0.4, -0.2) is 34.9 Å². The average molecular weight is 479 g/mol. The molecule has 168 valence electrons. The minimum Gasteiger partial charge on any atom is -0.299 e. The van der Waals surface area contributed by atoms with E-state index in [1.807, 2.05) is 55.5 Å². The van der Waals surface area contributed by atoms with Gasteiger partial charge in [-0.25, -0.2) is 8.42 Å². The third-order valence-electron chi connectivity index (χ3n) is 5.84. The number of carbonyl (C=O) groups is 1. The minimum absolute atomic E-state index is 0.125. The summed E-state index contributed by atoms with van der Waals surface area (Å²) >= 11 is 1.30. The maximum atomic E-state index is 13.8. The molecule has 5 rings (SSSR count). The second kappa shape index (κ2) is 8.66. The van der Waals surface area contributed by atoms with Crippen LogP contribution in [0.25, 0.3) is 10.8 Å². The fourth-order valence-corrected chi connectivity index (χ4v) is 6.36. The second-order valence-corrected chi connectivity index (χ2v) is 10.8. The molecule has 1 unspecified atom stereocenters. The van der Waals surface area contributed by atoms with Crippen molar-refractivity contribution < 1.29 is 13.2 Å². The highest BCUT2D eigenvalue weighted by molar-refractivity contribution is 7.89. The van der Waals surface area contributed by atoms with Gasteiger partial charge in [-0.3, -0.25) is 10.1 Å². The number of hydrogen-bond donors (Lipinski definition) is 1. The van der Waals surface area contributed by atoms with E-state index >= 15 is 0 Å². The lowest BCUT2D eigenvalue weighted by molar-refractivity contribution is -0.120. The smallest absolute Gasteiger partial charge is 0.245 e. The van der Waals surface area contributed by atoms with E-state index in [0.29, 0.717) is 11.6 Å². The molecule has 2 heterocycles. The highest BCUT2D eigenvalue weighted by Gasteiger charge is 2.40. The molecule has 1 amide bonds. The number of aromatic nitrogens is 2. The molecule has 0 bridgehead atoms. The number of fused-ring (bicyclic) bond motifs is 2. The van der Waals surface area contributed by atoms with E-state index in [-0.39, 0.29) is 17.9 Å². The van der Waals surface area contributed by atoms with Gasteiger partial charge in [0.05, 0.1) is 4.90 Å². The van der Waals surface area contributed by atoms with Gasteiger partial charge in [0.2, 0.25) is 21.1 Å². The summed E-state index contributed by atoms with van der Waals surface area (Å²) in [6.45, 7) is 2.09. The number of sulfonamides is 1. The number of rotatable bonds is 5. The third-order valence-corrected chi connectivity index (χ3v) is 8.67. The van der Waals surface area contributed by atoms with Crippen molar-refractivity contribution in [3.05, 3.63) is 82.9 Å². The first-order chi connectivity index (χ1) is 16.0. The van der Waals surface area contributed by atoms with Crippen LogP contribution in [0.15, 0.2) is 71.6 Å². The highest BCUT2D eigenvalue weighted by atomic mass is 32.2. The van der Waals surface area contributed by atoms with Crippen molar-refractivity contribution in [2.24, 2.45) is 0 Å². The van der Waals surface area contributed by atoms with Crippen LogP contribution in [0.3, 0.4) is 0 Å². The molecule has 0 spiro atoms. The van der Waals surface area contributed by atoms with Crippen LogP contribution in [0.1, 0.15) is 23.1 Å². The summed E-state index contributed by atoms with van der Waals surface area (Å²) in [5.74, 6) is -0.410. The monoisotopic (exact) mass is 478 g/mol. The molecule has 1 atom stereocenters. The highest BCUT2D eigenvalue weighted by Crippen LogP contribution is 2.31. The molecule has 0 aliphatic carbocycles.